The number of rotatable bonds is 2. The summed E-state index contributed by atoms with van der Waals surface area (Å²) in [6.07, 6.45) is 4.13. The highest BCUT2D eigenvalue weighted by Crippen LogP contribution is 2.37. The van der Waals surface area contributed by atoms with Gasteiger partial charge >= 0.3 is 0 Å². The predicted molar refractivity (Wildman–Crippen MR) is 71.1 cm³/mol. The Balaban J connectivity index is 1.85. The monoisotopic (exact) mass is 263 g/mol. The van der Waals surface area contributed by atoms with E-state index in [-0.39, 0.29) is 0 Å². The Labute approximate surface area is 110 Å². The summed E-state index contributed by atoms with van der Waals surface area (Å²) >= 11 is 1.61. The van der Waals surface area contributed by atoms with Crippen molar-refractivity contribution in [3.8, 4) is 10.7 Å². The minimum absolute atomic E-state index is 0.422. The molecule has 0 bridgehead atoms. The third-order valence-corrected chi connectivity index (χ3v) is 4.63. The van der Waals surface area contributed by atoms with Crippen LogP contribution in [0, 0.1) is 5.92 Å². The van der Waals surface area contributed by atoms with Crippen LogP contribution in [0.15, 0.2) is 22.0 Å². The molecule has 1 saturated carbocycles. The van der Waals surface area contributed by atoms with Crippen molar-refractivity contribution < 1.29 is 4.52 Å². The molecule has 0 spiro atoms. The molecule has 2 aromatic heterocycles. The zero-order valence-corrected chi connectivity index (χ0v) is 11.2. The van der Waals surface area contributed by atoms with Crippen molar-refractivity contribution in [3.05, 3.63) is 23.4 Å². The van der Waals surface area contributed by atoms with Crippen molar-refractivity contribution in [2.24, 2.45) is 11.7 Å². The average Bonchev–Trinajstić information content (AvgIpc) is 3.01. The molecular weight excluding hydrogens is 246 g/mol. The normalized spacial score (nSPS) is 28.4. The number of nitrogens with zero attached hydrogens (tertiary/aromatic N) is 2. The van der Waals surface area contributed by atoms with Crippen LogP contribution >= 0.6 is 11.3 Å². The molecule has 2 N–H and O–H groups in total. The molecule has 1 aliphatic carbocycles. The highest BCUT2D eigenvalue weighted by molar-refractivity contribution is 7.13. The van der Waals surface area contributed by atoms with Gasteiger partial charge in [0.2, 0.25) is 11.7 Å². The molecule has 5 heteroatoms. The van der Waals surface area contributed by atoms with Gasteiger partial charge in [-0.25, -0.2) is 0 Å². The van der Waals surface area contributed by atoms with Crippen LogP contribution in [0.2, 0.25) is 0 Å². The molecule has 3 rings (SSSR count). The molecule has 0 atom stereocenters. The molecule has 0 amide bonds. The second kappa shape index (κ2) is 4.48. The molecular formula is C13H17N3OS. The largest absolute Gasteiger partial charge is 0.337 e. The summed E-state index contributed by atoms with van der Waals surface area (Å²) in [5.74, 6) is 2.00. The maximum Gasteiger partial charge on any atom is 0.247 e. The minimum atomic E-state index is -0.422. The maximum absolute atomic E-state index is 6.42. The first kappa shape index (κ1) is 11.9. The smallest absolute Gasteiger partial charge is 0.247 e. The van der Waals surface area contributed by atoms with E-state index < -0.39 is 5.54 Å². The first-order valence-electron chi connectivity index (χ1n) is 6.34. The molecule has 18 heavy (non-hydrogen) atoms. The fourth-order valence-electron chi connectivity index (χ4n) is 2.42. The molecule has 2 heterocycles. The fourth-order valence-corrected chi connectivity index (χ4v) is 3.07. The van der Waals surface area contributed by atoms with E-state index in [1.165, 1.54) is 0 Å². The Bertz CT molecular complexity index is 512. The van der Waals surface area contributed by atoms with Crippen molar-refractivity contribution in [1.82, 2.24) is 10.1 Å². The number of aromatic nitrogens is 2. The van der Waals surface area contributed by atoms with Crippen LogP contribution in [0.1, 0.15) is 38.5 Å². The van der Waals surface area contributed by atoms with Crippen molar-refractivity contribution in [2.45, 2.75) is 38.1 Å². The molecule has 0 aromatic carbocycles. The second-order valence-electron chi connectivity index (χ2n) is 5.24. The third kappa shape index (κ3) is 2.08. The maximum atomic E-state index is 6.42. The Hall–Kier alpha value is -1.20. The lowest BCUT2D eigenvalue weighted by Gasteiger charge is -2.32. The van der Waals surface area contributed by atoms with E-state index in [0.29, 0.717) is 11.7 Å². The molecule has 4 nitrogen and oxygen atoms in total. The van der Waals surface area contributed by atoms with Gasteiger partial charge in [0.1, 0.15) is 0 Å². The number of hydrogen-bond acceptors (Lipinski definition) is 5. The molecule has 1 fully saturated rings. The molecule has 0 saturated heterocycles. The lowest BCUT2D eigenvalue weighted by atomic mass is 9.78. The highest BCUT2D eigenvalue weighted by Gasteiger charge is 2.37. The summed E-state index contributed by atoms with van der Waals surface area (Å²) in [5, 5.41) is 6.05. The first-order valence-corrected chi connectivity index (χ1v) is 7.22. The van der Waals surface area contributed by atoms with Gasteiger partial charge in [-0.05, 0) is 43.0 Å². The van der Waals surface area contributed by atoms with Gasteiger partial charge in [-0.1, -0.05) is 18.1 Å². The highest BCUT2D eigenvalue weighted by atomic mass is 32.1. The summed E-state index contributed by atoms with van der Waals surface area (Å²) in [6.45, 7) is 2.27. The van der Waals surface area contributed by atoms with Crippen LogP contribution in [0.3, 0.4) is 0 Å². The Morgan fingerprint density at radius 2 is 2.22 bits per heavy atom. The summed E-state index contributed by atoms with van der Waals surface area (Å²) in [6, 6.07) is 3.97. The first-order chi connectivity index (χ1) is 8.67. The van der Waals surface area contributed by atoms with Crippen LogP contribution < -0.4 is 5.73 Å². The standard InChI is InChI=1S/C13H17N3OS/c1-9-4-6-13(14,7-5-9)12-15-11(16-17-12)10-3-2-8-18-10/h2-3,8-9H,4-7,14H2,1H3. The molecule has 0 aliphatic heterocycles. The zero-order valence-electron chi connectivity index (χ0n) is 10.4. The van der Waals surface area contributed by atoms with Crippen molar-refractivity contribution in [3.63, 3.8) is 0 Å². The van der Waals surface area contributed by atoms with Crippen LogP contribution in [0.4, 0.5) is 0 Å². The second-order valence-corrected chi connectivity index (χ2v) is 6.19. The van der Waals surface area contributed by atoms with Crippen molar-refractivity contribution >= 4 is 11.3 Å². The summed E-state index contributed by atoms with van der Waals surface area (Å²) in [4.78, 5) is 5.51. The molecule has 0 radical (unpaired) electrons. The van der Waals surface area contributed by atoms with Gasteiger partial charge in [-0.15, -0.1) is 11.3 Å². The summed E-state index contributed by atoms with van der Waals surface area (Å²) in [5.41, 5.74) is 5.99. The van der Waals surface area contributed by atoms with E-state index in [1.807, 2.05) is 17.5 Å². The third-order valence-electron chi connectivity index (χ3n) is 3.76. The molecule has 96 valence electrons. The molecule has 2 aromatic rings. The van der Waals surface area contributed by atoms with Gasteiger partial charge in [-0.3, -0.25) is 0 Å². The van der Waals surface area contributed by atoms with Gasteiger partial charge in [-0.2, -0.15) is 4.98 Å². The van der Waals surface area contributed by atoms with Crippen LogP contribution in [0.25, 0.3) is 10.7 Å². The predicted octanol–water partition coefficient (Wildman–Crippen LogP) is 3.16. The lowest BCUT2D eigenvalue weighted by molar-refractivity contribution is 0.191. The lowest BCUT2D eigenvalue weighted by Crippen LogP contribution is -2.40. The molecule has 0 unspecified atom stereocenters. The van der Waals surface area contributed by atoms with E-state index in [1.54, 1.807) is 11.3 Å². The Morgan fingerprint density at radius 1 is 1.44 bits per heavy atom. The van der Waals surface area contributed by atoms with Crippen LogP contribution in [-0.2, 0) is 5.54 Å². The van der Waals surface area contributed by atoms with E-state index in [0.717, 1.165) is 36.5 Å². The topological polar surface area (TPSA) is 64.9 Å². The summed E-state index contributed by atoms with van der Waals surface area (Å²) < 4.78 is 5.39. The summed E-state index contributed by atoms with van der Waals surface area (Å²) in [7, 11) is 0. The van der Waals surface area contributed by atoms with Gasteiger partial charge in [0, 0.05) is 0 Å². The van der Waals surface area contributed by atoms with Crippen LogP contribution in [-0.4, -0.2) is 10.1 Å². The number of nitrogens with two attached hydrogens (primary N) is 1. The molecule has 1 aliphatic rings. The van der Waals surface area contributed by atoms with Crippen LogP contribution in [0.5, 0.6) is 0 Å². The van der Waals surface area contributed by atoms with E-state index in [4.69, 9.17) is 10.3 Å². The Morgan fingerprint density at radius 3 is 2.89 bits per heavy atom. The number of thiophene rings is 1. The van der Waals surface area contributed by atoms with Gasteiger partial charge < -0.3 is 10.3 Å². The van der Waals surface area contributed by atoms with Gasteiger partial charge in [0.25, 0.3) is 0 Å². The van der Waals surface area contributed by atoms with Crippen molar-refractivity contribution in [1.29, 1.82) is 0 Å². The average molecular weight is 263 g/mol. The van der Waals surface area contributed by atoms with E-state index in [2.05, 4.69) is 17.1 Å². The zero-order chi connectivity index (χ0) is 12.6. The SMILES string of the molecule is CC1CCC(N)(c2nc(-c3cccs3)no2)CC1. The minimum Gasteiger partial charge on any atom is -0.337 e. The quantitative estimate of drug-likeness (QED) is 0.903. The van der Waals surface area contributed by atoms with E-state index in [9.17, 15) is 0 Å². The van der Waals surface area contributed by atoms with Crippen molar-refractivity contribution in [2.75, 3.05) is 0 Å². The Kier molecular flexibility index (Phi) is 2.95. The number of hydrogen-bond donors (Lipinski definition) is 1. The fraction of sp³-hybridized carbons (Fsp3) is 0.538. The van der Waals surface area contributed by atoms with E-state index >= 15 is 0 Å². The van der Waals surface area contributed by atoms with Gasteiger partial charge in [0.05, 0.1) is 10.4 Å². The van der Waals surface area contributed by atoms with Gasteiger partial charge in [0.15, 0.2) is 0 Å².